The number of nitrogens with two attached hydrogens (primary N) is 1. The van der Waals surface area contributed by atoms with Gasteiger partial charge in [-0.3, -0.25) is 4.68 Å². The third-order valence-electron chi connectivity index (χ3n) is 2.84. The largest absolute Gasteiger partial charge is 0.319 e. The van der Waals surface area contributed by atoms with Gasteiger partial charge in [0.1, 0.15) is 0 Å². The fraction of sp³-hybridized carbons (Fsp3) is 0.583. The maximum atomic E-state index is 6.30. The first-order chi connectivity index (χ1) is 8.43. The summed E-state index contributed by atoms with van der Waals surface area (Å²) in [5.74, 6) is 0. The van der Waals surface area contributed by atoms with Gasteiger partial charge in [0.05, 0.1) is 22.8 Å². The minimum atomic E-state index is -0.195. The lowest BCUT2D eigenvalue weighted by atomic mass is 9.89. The first-order valence-electron chi connectivity index (χ1n) is 6.04. The Bertz CT molecular complexity index is 523. The van der Waals surface area contributed by atoms with Crippen LogP contribution in [0.5, 0.6) is 0 Å². The van der Waals surface area contributed by atoms with Gasteiger partial charge in [0, 0.05) is 23.7 Å². The van der Waals surface area contributed by atoms with E-state index in [2.05, 4.69) is 42.4 Å². The van der Waals surface area contributed by atoms with E-state index in [1.165, 1.54) is 11.5 Å². The van der Waals surface area contributed by atoms with E-state index in [1.807, 2.05) is 17.1 Å². The Morgan fingerprint density at radius 3 is 2.72 bits per heavy atom. The molecule has 2 N–H and O–H groups in total. The SMILES string of the molecule is CCn1cc(C(N)c2snnc2C(C)(C)C)cn1. The number of aromatic nitrogens is 4. The summed E-state index contributed by atoms with van der Waals surface area (Å²) in [7, 11) is 0. The highest BCUT2D eigenvalue weighted by atomic mass is 32.1. The van der Waals surface area contributed by atoms with Gasteiger partial charge in [0.2, 0.25) is 0 Å². The fourth-order valence-electron chi connectivity index (χ4n) is 1.79. The molecule has 2 heterocycles. The number of aryl methyl sites for hydroxylation is 1. The molecule has 1 unspecified atom stereocenters. The van der Waals surface area contributed by atoms with Gasteiger partial charge in [-0.2, -0.15) is 5.10 Å². The molecule has 6 heteroatoms. The van der Waals surface area contributed by atoms with Gasteiger partial charge in [-0.15, -0.1) is 5.10 Å². The topological polar surface area (TPSA) is 69.6 Å². The standard InChI is InChI=1S/C12H19N5S/c1-5-17-7-8(6-14-17)9(13)10-11(12(2,3)4)15-16-18-10/h6-7,9H,5,13H2,1-4H3. The molecule has 0 fully saturated rings. The summed E-state index contributed by atoms with van der Waals surface area (Å²) in [6.07, 6.45) is 3.80. The molecular formula is C12H19N5S. The van der Waals surface area contributed by atoms with Crippen LogP contribution in [0, 0.1) is 0 Å². The van der Waals surface area contributed by atoms with Crippen molar-refractivity contribution in [3.63, 3.8) is 0 Å². The molecule has 5 nitrogen and oxygen atoms in total. The molecule has 0 aliphatic carbocycles. The third-order valence-corrected chi connectivity index (χ3v) is 3.65. The Morgan fingerprint density at radius 1 is 1.44 bits per heavy atom. The van der Waals surface area contributed by atoms with Crippen LogP contribution in [0.25, 0.3) is 0 Å². The maximum absolute atomic E-state index is 6.30. The molecule has 0 aliphatic rings. The van der Waals surface area contributed by atoms with E-state index >= 15 is 0 Å². The van der Waals surface area contributed by atoms with Gasteiger partial charge in [0.15, 0.2) is 0 Å². The summed E-state index contributed by atoms with van der Waals surface area (Å²) in [5, 5.41) is 8.48. The number of hydrogen-bond donors (Lipinski definition) is 1. The highest BCUT2D eigenvalue weighted by Crippen LogP contribution is 2.32. The number of hydrogen-bond acceptors (Lipinski definition) is 5. The first-order valence-corrected chi connectivity index (χ1v) is 6.81. The van der Waals surface area contributed by atoms with Crippen molar-refractivity contribution in [2.45, 2.75) is 45.7 Å². The quantitative estimate of drug-likeness (QED) is 0.922. The van der Waals surface area contributed by atoms with Gasteiger partial charge in [-0.05, 0) is 18.5 Å². The van der Waals surface area contributed by atoms with Crippen LogP contribution in [-0.4, -0.2) is 19.4 Å². The van der Waals surface area contributed by atoms with E-state index in [9.17, 15) is 0 Å². The van der Waals surface area contributed by atoms with E-state index < -0.39 is 0 Å². The second-order valence-electron chi connectivity index (χ2n) is 5.34. The second kappa shape index (κ2) is 4.78. The van der Waals surface area contributed by atoms with Crippen molar-refractivity contribution in [2.24, 2.45) is 5.73 Å². The molecule has 0 amide bonds. The fourth-order valence-corrected chi connectivity index (χ4v) is 2.68. The summed E-state index contributed by atoms with van der Waals surface area (Å²) in [6.45, 7) is 9.26. The average Bonchev–Trinajstić information content (AvgIpc) is 2.96. The molecule has 0 bridgehead atoms. The van der Waals surface area contributed by atoms with Crippen molar-refractivity contribution in [3.05, 3.63) is 28.5 Å². The van der Waals surface area contributed by atoms with Crippen LogP contribution in [0.3, 0.4) is 0 Å². The summed E-state index contributed by atoms with van der Waals surface area (Å²) < 4.78 is 5.92. The van der Waals surface area contributed by atoms with Crippen LogP contribution in [0.15, 0.2) is 12.4 Å². The van der Waals surface area contributed by atoms with Gasteiger partial charge in [-0.1, -0.05) is 25.3 Å². The zero-order chi connectivity index (χ0) is 13.3. The predicted octanol–water partition coefficient (Wildman–Crippen LogP) is 2.10. The van der Waals surface area contributed by atoms with E-state index in [0.29, 0.717) is 0 Å². The Morgan fingerprint density at radius 2 is 2.17 bits per heavy atom. The average molecular weight is 265 g/mol. The minimum absolute atomic E-state index is 0.0410. The first kappa shape index (κ1) is 13.2. The summed E-state index contributed by atoms with van der Waals surface area (Å²) >= 11 is 1.37. The van der Waals surface area contributed by atoms with Gasteiger partial charge >= 0.3 is 0 Å². The molecule has 98 valence electrons. The Kier molecular flexibility index (Phi) is 3.49. The second-order valence-corrected chi connectivity index (χ2v) is 6.13. The Labute approximate surface area is 111 Å². The number of nitrogens with zero attached hydrogens (tertiary/aromatic N) is 4. The van der Waals surface area contributed by atoms with E-state index in [0.717, 1.165) is 22.7 Å². The van der Waals surface area contributed by atoms with Gasteiger partial charge < -0.3 is 5.73 Å². The van der Waals surface area contributed by atoms with Crippen LogP contribution in [0.1, 0.15) is 49.9 Å². The lowest BCUT2D eigenvalue weighted by Crippen LogP contribution is -2.19. The Hall–Kier alpha value is -1.27. The molecule has 0 saturated carbocycles. The molecule has 2 aromatic rings. The molecule has 0 spiro atoms. The normalized spacial score (nSPS) is 13.8. The van der Waals surface area contributed by atoms with Gasteiger partial charge in [0.25, 0.3) is 0 Å². The molecular weight excluding hydrogens is 246 g/mol. The number of rotatable bonds is 3. The van der Waals surface area contributed by atoms with Crippen LogP contribution in [0.4, 0.5) is 0 Å². The lowest BCUT2D eigenvalue weighted by molar-refractivity contribution is 0.556. The molecule has 2 rings (SSSR count). The predicted molar refractivity (Wildman–Crippen MR) is 72.5 cm³/mol. The van der Waals surface area contributed by atoms with Crippen LogP contribution < -0.4 is 5.73 Å². The highest BCUT2D eigenvalue weighted by molar-refractivity contribution is 7.05. The minimum Gasteiger partial charge on any atom is -0.319 e. The van der Waals surface area contributed by atoms with E-state index in [-0.39, 0.29) is 11.5 Å². The van der Waals surface area contributed by atoms with Crippen molar-refractivity contribution < 1.29 is 0 Å². The highest BCUT2D eigenvalue weighted by Gasteiger charge is 2.26. The van der Waals surface area contributed by atoms with Gasteiger partial charge in [-0.25, -0.2) is 0 Å². The van der Waals surface area contributed by atoms with Crippen molar-refractivity contribution in [2.75, 3.05) is 0 Å². The summed E-state index contributed by atoms with van der Waals surface area (Å²) in [4.78, 5) is 1.03. The molecule has 0 aromatic carbocycles. The third kappa shape index (κ3) is 2.44. The molecule has 18 heavy (non-hydrogen) atoms. The molecule has 0 radical (unpaired) electrons. The van der Waals surface area contributed by atoms with Crippen LogP contribution in [-0.2, 0) is 12.0 Å². The Balaban J connectivity index is 2.34. The smallest absolute Gasteiger partial charge is 0.0860 e. The van der Waals surface area contributed by atoms with Crippen molar-refractivity contribution in [1.29, 1.82) is 0 Å². The summed E-state index contributed by atoms with van der Waals surface area (Å²) in [5.41, 5.74) is 8.25. The molecule has 0 aliphatic heterocycles. The van der Waals surface area contributed by atoms with Crippen molar-refractivity contribution in [1.82, 2.24) is 19.4 Å². The van der Waals surface area contributed by atoms with Crippen LogP contribution in [0.2, 0.25) is 0 Å². The monoisotopic (exact) mass is 265 g/mol. The maximum Gasteiger partial charge on any atom is 0.0860 e. The molecule has 0 saturated heterocycles. The van der Waals surface area contributed by atoms with Crippen molar-refractivity contribution >= 4 is 11.5 Å². The van der Waals surface area contributed by atoms with Crippen molar-refractivity contribution in [3.8, 4) is 0 Å². The van der Waals surface area contributed by atoms with E-state index in [1.54, 1.807) is 0 Å². The molecule has 2 aromatic heterocycles. The summed E-state index contributed by atoms with van der Waals surface area (Å²) in [6, 6.07) is -0.195. The van der Waals surface area contributed by atoms with Crippen LogP contribution >= 0.6 is 11.5 Å². The lowest BCUT2D eigenvalue weighted by Gasteiger charge is -2.18. The molecule has 1 atom stereocenters. The zero-order valence-corrected chi connectivity index (χ0v) is 12.0. The van der Waals surface area contributed by atoms with E-state index in [4.69, 9.17) is 5.73 Å². The zero-order valence-electron chi connectivity index (χ0n) is 11.2.